The summed E-state index contributed by atoms with van der Waals surface area (Å²) in [5.41, 5.74) is 0.370. The number of aromatic nitrogens is 1. The van der Waals surface area contributed by atoms with Gasteiger partial charge in [0.25, 0.3) is 0 Å². The van der Waals surface area contributed by atoms with Crippen molar-refractivity contribution in [3.05, 3.63) is 17.8 Å². The van der Waals surface area contributed by atoms with E-state index in [4.69, 9.17) is 14.2 Å². The molecule has 0 aromatic carbocycles. The summed E-state index contributed by atoms with van der Waals surface area (Å²) in [6.45, 7) is 11.0. The number of esters is 1. The molecule has 0 aliphatic carbocycles. The van der Waals surface area contributed by atoms with Gasteiger partial charge in [-0.3, -0.25) is 9.69 Å². The minimum atomic E-state index is -0.595. The fourth-order valence-corrected chi connectivity index (χ4v) is 2.33. The molecule has 0 saturated carbocycles. The van der Waals surface area contributed by atoms with Gasteiger partial charge in [0, 0.05) is 19.5 Å². The first-order chi connectivity index (χ1) is 12.3. The van der Waals surface area contributed by atoms with Crippen molar-refractivity contribution in [2.24, 2.45) is 0 Å². The lowest BCUT2D eigenvalue weighted by Gasteiger charge is -2.26. The Labute approximate surface area is 162 Å². The number of methoxy groups -OCH3 is 1. The summed E-state index contributed by atoms with van der Waals surface area (Å²) in [7, 11) is 3.17. The number of hydrogen-bond donors (Lipinski definition) is 0. The summed E-state index contributed by atoms with van der Waals surface area (Å²) in [4.78, 5) is 29.9. The zero-order chi connectivity index (χ0) is 20.8. The first-order valence-electron chi connectivity index (χ1n) is 9.04. The van der Waals surface area contributed by atoms with Crippen LogP contribution in [0.3, 0.4) is 0 Å². The van der Waals surface area contributed by atoms with Gasteiger partial charge in [0.1, 0.15) is 11.2 Å². The smallest absolute Gasteiger partial charge is 0.414 e. The van der Waals surface area contributed by atoms with E-state index in [1.165, 1.54) is 12.0 Å². The molecule has 7 nitrogen and oxygen atoms in total. The Bertz CT molecular complexity index is 659. The molecule has 0 atom stereocenters. The van der Waals surface area contributed by atoms with Gasteiger partial charge in [0.05, 0.1) is 19.0 Å². The quantitative estimate of drug-likeness (QED) is 0.691. The number of aryl methyl sites for hydroxylation is 1. The number of hydrogen-bond acceptors (Lipinski definition) is 6. The number of anilines is 1. The van der Waals surface area contributed by atoms with Crippen LogP contribution >= 0.6 is 0 Å². The van der Waals surface area contributed by atoms with Crippen molar-refractivity contribution in [2.75, 3.05) is 19.1 Å². The second kappa shape index (κ2) is 9.06. The number of nitrogens with zero attached hydrogens (tertiary/aromatic N) is 2. The fourth-order valence-electron chi connectivity index (χ4n) is 2.33. The first kappa shape index (κ1) is 22.7. The van der Waals surface area contributed by atoms with Crippen LogP contribution in [0.2, 0.25) is 0 Å². The van der Waals surface area contributed by atoms with Gasteiger partial charge in [-0.05, 0) is 59.9 Å². The molecule has 0 aliphatic rings. The maximum absolute atomic E-state index is 12.4. The molecule has 1 amide bonds. The molecule has 0 saturated heterocycles. The van der Waals surface area contributed by atoms with Crippen molar-refractivity contribution < 1.29 is 23.8 Å². The highest BCUT2D eigenvalue weighted by atomic mass is 16.6. The number of carbonyl (C=O) groups excluding carboxylic acids is 2. The van der Waals surface area contributed by atoms with Gasteiger partial charge in [-0.2, -0.15) is 0 Å². The van der Waals surface area contributed by atoms with Crippen molar-refractivity contribution >= 4 is 17.7 Å². The minimum Gasteiger partial charge on any atom is -0.481 e. The molecule has 0 unspecified atom stereocenters. The van der Waals surface area contributed by atoms with Crippen LogP contribution in [-0.2, 0) is 20.7 Å². The lowest BCUT2D eigenvalue weighted by Crippen LogP contribution is -2.34. The average molecular weight is 380 g/mol. The highest BCUT2D eigenvalue weighted by Crippen LogP contribution is 2.26. The zero-order valence-electron chi connectivity index (χ0n) is 17.7. The highest BCUT2D eigenvalue weighted by molar-refractivity contribution is 5.88. The number of carbonyl (C=O) groups is 2. The molecule has 1 rings (SSSR count). The van der Waals surface area contributed by atoms with E-state index in [2.05, 4.69) is 4.98 Å². The third-order valence-corrected chi connectivity index (χ3v) is 3.43. The van der Waals surface area contributed by atoms with Gasteiger partial charge in [0.15, 0.2) is 0 Å². The third-order valence-electron chi connectivity index (χ3n) is 3.43. The Morgan fingerprint density at radius 3 is 2.19 bits per heavy atom. The minimum absolute atomic E-state index is 0.245. The normalized spacial score (nSPS) is 11.7. The first-order valence-corrected chi connectivity index (χ1v) is 9.04. The van der Waals surface area contributed by atoms with Crippen LogP contribution in [0.5, 0.6) is 5.88 Å². The van der Waals surface area contributed by atoms with Crippen LogP contribution in [-0.4, -0.2) is 42.4 Å². The summed E-state index contributed by atoms with van der Waals surface area (Å²) >= 11 is 0. The average Bonchev–Trinajstić information content (AvgIpc) is 2.50. The Hall–Kier alpha value is -2.31. The van der Waals surface area contributed by atoms with Crippen molar-refractivity contribution in [1.82, 2.24) is 4.98 Å². The van der Waals surface area contributed by atoms with E-state index in [0.717, 1.165) is 5.56 Å². The van der Waals surface area contributed by atoms with Crippen molar-refractivity contribution in [2.45, 2.75) is 72.0 Å². The largest absolute Gasteiger partial charge is 0.481 e. The second-order valence-electron chi connectivity index (χ2n) is 8.33. The van der Waals surface area contributed by atoms with E-state index in [0.29, 0.717) is 24.4 Å². The molecule has 0 aliphatic heterocycles. The van der Waals surface area contributed by atoms with Crippen LogP contribution in [0.15, 0.2) is 12.3 Å². The topological polar surface area (TPSA) is 78.0 Å². The van der Waals surface area contributed by atoms with Crippen molar-refractivity contribution in [3.8, 4) is 5.88 Å². The van der Waals surface area contributed by atoms with Crippen LogP contribution in [0.1, 0.15) is 59.9 Å². The Morgan fingerprint density at radius 2 is 1.67 bits per heavy atom. The molecule has 1 aromatic rings. The van der Waals surface area contributed by atoms with Gasteiger partial charge < -0.3 is 14.2 Å². The van der Waals surface area contributed by atoms with E-state index < -0.39 is 17.3 Å². The molecular formula is C20H32N2O5. The maximum Gasteiger partial charge on any atom is 0.414 e. The van der Waals surface area contributed by atoms with E-state index in [9.17, 15) is 9.59 Å². The lowest BCUT2D eigenvalue weighted by atomic mass is 10.1. The summed E-state index contributed by atoms with van der Waals surface area (Å²) in [6, 6.07) is 1.77. The Morgan fingerprint density at radius 1 is 1.07 bits per heavy atom. The molecule has 0 fully saturated rings. The van der Waals surface area contributed by atoms with E-state index >= 15 is 0 Å². The zero-order valence-corrected chi connectivity index (χ0v) is 17.7. The van der Waals surface area contributed by atoms with Crippen LogP contribution in [0.25, 0.3) is 0 Å². The van der Waals surface area contributed by atoms with Crippen LogP contribution in [0, 0.1) is 0 Å². The Kier molecular flexibility index (Phi) is 7.63. The molecule has 0 bridgehead atoms. The predicted molar refractivity (Wildman–Crippen MR) is 104 cm³/mol. The number of pyridine rings is 1. The van der Waals surface area contributed by atoms with Crippen LogP contribution in [0.4, 0.5) is 10.5 Å². The van der Waals surface area contributed by atoms with Gasteiger partial charge in [-0.25, -0.2) is 9.78 Å². The van der Waals surface area contributed by atoms with Gasteiger partial charge >= 0.3 is 12.1 Å². The van der Waals surface area contributed by atoms with Gasteiger partial charge in [0.2, 0.25) is 5.88 Å². The number of rotatable bonds is 6. The molecule has 1 aromatic heterocycles. The van der Waals surface area contributed by atoms with E-state index in [-0.39, 0.29) is 12.4 Å². The molecule has 7 heteroatoms. The molecule has 0 spiro atoms. The molecular weight excluding hydrogens is 348 g/mol. The van der Waals surface area contributed by atoms with E-state index in [1.54, 1.807) is 19.3 Å². The lowest BCUT2D eigenvalue weighted by molar-refractivity contribution is -0.154. The van der Waals surface area contributed by atoms with Crippen molar-refractivity contribution in [1.29, 1.82) is 0 Å². The molecule has 1 heterocycles. The standard InChI is InChI=1S/C20H32N2O5/c1-19(2,3)26-17(23)11-9-10-14-12-16(25-8)21-13-15(14)22(7)18(24)27-20(4,5)6/h12-13H,9-11H2,1-8H3. The number of amides is 1. The fraction of sp³-hybridized carbons (Fsp3) is 0.650. The molecule has 27 heavy (non-hydrogen) atoms. The van der Waals surface area contributed by atoms with Gasteiger partial charge in [-0.1, -0.05) is 0 Å². The SMILES string of the molecule is COc1cc(CCCC(=O)OC(C)(C)C)c(N(C)C(=O)OC(C)(C)C)cn1. The predicted octanol–water partition coefficient (Wildman–Crippen LogP) is 4.13. The van der Waals surface area contributed by atoms with Crippen LogP contribution < -0.4 is 9.64 Å². The third kappa shape index (κ3) is 8.28. The second-order valence-corrected chi connectivity index (χ2v) is 8.33. The summed E-state index contributed by atoms with van der Waals surface area (Å²) < 4.78 is 15.9. The Balaban J connectivity index is 2.88. The molecule has 0 N–H and O–H groups in total. The molecule has 0 radical (unpaired) electrons. The van der Waals surface area contributed by atoms with Gasteiger partial charge in [-0.15, -0.1) is 0 Å². The summed E-state index contributed by atoms with van der Waals surface area (Å²) in [5, 5.41) is 0. The monoisotopic (exact) mass is 380 g/mol. The van der Waals surface area contributed by atoms with Crippen molar-refractivity contribution in [3.63, 3.8) is 0 Å². The van der Waals surface area contributed by atoms with E-state index in [1.807, 2.05) is 41.5 Å². The summed E-state index contributed by atoms with van der Waals surface area (Å²) in [6.07, 6.45) is 2.55. The molecule has 152 valence electrons. The number of ether oxygens (including phenoxy) is 3. The highest BCUT2D eigenvalue weighted by Gasteiger charge is 2.23. The maximum atomic E-state index is 12.4. The summed E-state index contributed by atoms with van der Waals surface area (Å²) in [5.74, 6) is 0.203.